The molecule has 0 atom stereocenters. The van der Waals surface area contributed by atoms with Gasteiger partial charge in [-0.25, -0.2) is 9.97 Å². The molecule has 0 radical (unpaired) electrons. The molecule has 0 bridgehead atoms. The Morgan fingerprint density at radius 3 is 2.70 bits per heavy atom. The first-order valence-corrected chi connectivity index (χ1v) is 8.64. The van der Waals surface area contributed by atoms with E-state index >= 15 is 0 Å². The Labute approximate surface area is 126 Å². The molecule has 2 aromatic heterocycles. The fraction of sp³-hybridized carbons (Fsp3) is 0.200. The highest BCUT2D eigenvalue weighted by molar-refractivity contribution is 7.99. The number of aromatic nitrogens is 3. The first kappa shape index (κ1) is 13.5. The molecule has 3 nitrogen and oxygen atoms in total. The Bertz CT molecular complexity index is 720. The van der Waals surface area contributed by atoms with Gasteiger partial charge < -0.3 is 0 Å². The lowest BCUT2D eigenvalue weighted by molar-refractivity contribution is 0.908. The van der Waals surface area contributed by atoms with Crippen molar-refractivity contribution in [2.24, 2.45) is 0 Å². The van der Waals surface area contributed by atoms with Crippen LogP contribution in [-0.4, -0.2) is 26.4 Å². The van der Waals surface area contributed by atoms with Gasteiger partial charge in [0.05, 0.1) is 5.69 Å². The van der Waals surface area contributed by atoms with Crippen LogP contribution in [0.15, 0.2) is 52.8 Å². The van der Waals surface area contributed by atoms with Crippen LogP contribution in [0.3, 0.4) is 0 Å². The van der Waals surface area contributed by atoms with E-state index in [2.05, 4.69) is 42.4 Å². The van der Waals surface area contributed by atoms with Gasteiger partial charge in [-0.1, -0.05) is 30.8 Å². The predicted octanol–water partition coefficient (Wildman–Crippen LogP) is 4.23. The molecular weight excluding hydrogens is 286 g/mol. The third-order valence-electron chi connectivity index (χ3n) is 3.02. The number of benzene rings is 1. The van der Waals surface area contributed by atoms with Crippen molar-refractivity contribution >= 4 is 29.2 Å². The highest BCUT2D eigenvalue weighted by Crippen LogP contribution is 2.25. The van der Waals surface area contributed by atoms with Crippen molar-refractivity contribution in [3.8, 4) is 11.3 Å². The Morgan fingerprint density at radius 1 is 1.20 bits per heavy atom. The number of thioether (sulfide) groups is 2. The topological polar surface area (TPSA) is 30.2 Å². The molecule has 0 N–H and O–H groups in total. The summed E-state index contributed by atoms with van der Waals surface area (Å²) in [6.07, 6.45) is 5.86. The summed E-state index contributed by atoms with van der Waals surface area (Å²) < 4.78 is 2.04. The van der Waals surface area contributed by atoms with Crippen molar-refractivity contribution in [3.05, 3.63) is 42.7 Å². The van der Waals surface area contributed by atoms with E-state index in [0.717, 1.165) is 27.8 Å². The van der Waals surface area contributed by atoms with Crippen LogP contribution in [0.4, 0.5) is 0 Å². The van der Waals surface area contributed by atoms with Crippen LogP contribution in [0.2, 0.25) is 0 Å². The van der Waals surface area contributed by atoms with E-state index in [1.165, 1.54) is 4.90 Å². The summed E-state index contributed by atoms with van der Waals surface area (Å²) in [4.78, 5) is 10.4. The van der Waals surface area contributed by atoms with Crippen LogP contribution in [0.5, 0.6) is 0 Å². The molecule has 0 unspecified atom stereocenters. The summed E-state index contributed by atoms with van der Waals surface area (Å²) in [7, 11) is 0. The van der Waals surface area contributed by atoms with Crippen LogP contribution in [0, 0.1) is 0 Å². The second-order valence-electron chi connectivity index (χ2n) is 4.24. The van der Waals surface area contributed by atoms with Gasteiger partial charge in [-0.15, -0.1) is 11.8 Å². The molecule has 1 aromatic carbocycles. The Morgan fingerprint density at radius 2 is 2.00 bits per heavy atom. The zero-order valence-electron chi connectivity index (χ0n) is 11.4. The molecule has 0 saturated heterocycles. The monoisotopic (exact) mass is 301 g/mol. The molecule has 102 valence electrons. The molecule has 0 amide bonds. The summed E-state index contributed by atoms with van der Waals surface area (Å²) in [6.45, 7) is 2.13. The number of fused-ring (bicyclic) bond motifs is 1. The standard InChI is InChI=1S/C15H15N3S2/c1-3-20-15-17-13(10-14-16-8-9-18(14)15)11-4-6-12(19-2)7-5-11/h4-10H,3H2,1-2H3. The first-order valence-electron chi connectivity index (χ1n) is 6.43. The van der Waals surface area contributed by atoms with Crippen molar-refractivity contribution in [1.82, 2.24) is 14.4 Å². The Hall–Kier alpha value is -1.46. The van der Waals surface area contributed by atoms with Crippen LogP contribution >= 0.6 is 23.5 Å². The molecular formula is C15H15N3S2. The molecule has 0 fully saturated rings. The third-order valence-corrected chi connectivity index (χ3v) is 4.60. The number of nitrogens with zero attached hydrogens (tertiary/aromatic N) is 3. The van der Waals surface area contributed by atoms with Gasteiger partial charge in [-0.3, -0.25) is 4.40 Å². The van der Waals surface area contributed by atoms with Crippen molar-refractivity contribution in [2.75, 3.05) is 12.0 Å². The highest BCUT2D eigenvalue weighted by atomic mass is 32.2. The smallest absolute Gasteiger partial charge is 0.174 e. The van der Waals surface area contributed by atoms with Crippen molar-refractivity contribution in [2.45, 2.75) is 17.0 Å². The average molecular weight is 301 g/mol. The van der Waals surface area contributed by atoms with E-state index in [9.17, 15) is 0 Å². The lowest BCUT2D eigenvalue weighted by Crippen LogP contribution is -1.96. The van der Waals surface area contributed by atoms with Crippen molar-refractivity contribution in [3.63, 3.8) is 0 Å². The summed E-state index contributed by atoms with van der Waals surface area (Å²) in [5.74, 6) is 0.995. The van der Waals surface area contributed by atoms with Gasteiger partial charge in [-0.2, -0.15) is 0 Å². The van der Waals surface area contributed by atoms with Gasteiger partial charge in [0.1, 0.15) is 5.65 Å². The van der Waals surface area contributed by atoms with Gasteiger partial charge in [0.2, 0.25) is 0 Å². The molecule has 3 rings (SSSR count). The van der Waals surface area contributed by atoms with Crippen molar-refractivity contribution in [1.29, 1.82) is 0 Å². The first-order chi connectivity index (χ1) is 9.81. The average Bonchev–Trinajstić information content (AvgIpc) is 2.96. The summed E-state index contributed by atoms with van der Waals surface area (Å²) in [5, 5.41) is 0.992. The van der Waals surface area contributed by atoms with E-state index < -0.39 is 0 Å². The fourth-order valence-corrected chi connectivity index (χ4v) is 3.16. The van der Waals surface area contributed by atoms with E-state index in [4.69, 9.17) is 4.98 Å². The molecule has 0 aliphatic carbocycles. The Kier molecular flexibility index (Phi) is 3.98. The van der Waals surface area contributed by atoms with E-state index in [1.807, 2.05) is 22.9 Å². The molecule has 0 aliphatic rings. The minimum atomic E-state index is 0.944. The minimum Gasteiger partial charge on any atom is -0.279 e. The van der Waals surface area contributed by atoms with Gasteiger partial charge >= 0.3 is 0 Å². The predicted molar refractivity (Wildman–Crippen MR) is 86.6 cm³/mol. The fourth-order valence-electron chi connectivity index (χ4n) is 2.04. The zero-order valence-corrected chi connectivity index (χ0v) is 13.0. The molecule has 0 spiro atoms. The van der Waals surface area contributed by atoms with E-state index in [-0.39, 0.29) is 0 Å². The number of hydrogen-bond acceptors (Lipinski definition) is 4. The lowest BCUT2D eigenvalue weighted by Gasteiger charge is -2.07. The summed E-state index contributed by atoms with van der Waals surface area (Å²) >= 11 is 3.48. The second-order valence-corrected chi connectivity index (χ2v) is 6.35. The molecule has 3 aromatic rings. The SMILES string of the molecule is CCSc1nc(-c2ccc(SC)cc2)cc2nccn12. The van der Waals surface area contributed by atoms with Crippen LogP contribution < -0.4 is 0 Å². The Balaban J connectivity index is 2.09. The zero-order chi connectivity index (χ0) is 13.9. The van der Waals surface area contributed by atoms with E-state index in [0.29, 0.717) is 0 Å². The van der Waals surface area contributed by atoms with Crippen LogP contribution in [0.1, 0.15) is 6.92 Å². The maximum atomic E-state index is 4.77. The largest absolute Gasteiger partial charge is 0.279 e. The van der Waals surface area contributed by atoms with Crippen molar-refractivity contribution < 1.29 is 0 Å². The van der Waals surface area contributed by atoms with Crippen LogP contribution in [0.25, 0.3) is 16.9 Å². The second kappa shape index (κ2) is 5.89. The lowest BCUT2D eigenvalue weighted by atomic mass is 10.1. The minimum absolute atomic E-state index is 0.944. The number of imidazole rings is 1. The molecule has 2 heterocycles. The third kappa shape index (κ3) is 2.55. The van der Waals surface area contributed by atoms with Gasteiger partial charge in [0.15, 0.2) is 5.16 Å². The summed E-state index contributed by atoms with van der Waals surface area (Å²) in [6, 6.07) is 10.5. The number of hydrogen-bond donors (Lipinski definition) is 0. The molecule has 0 aliphatic heterocycles. The maximum absolute atomic E-state index is 4.77. The highest BCUT2D eigenvalue weighted by Gasteiger charge is 2.08. The summed E-state index contributed by atoms with van der Waals surface area (Å²) in [5.41, 5.74) is 3.05. The number of rotatable bonds is 4. The van der Waals surface area contributed by atoms with Gasteiger partial charge in [0.25, 0.3) is 0 Å². The van der Waals surface area contributed by atoms with Crippen LogP contribution in [-0.2, 0) is 0 Å². The van der Waals surface area contributed by atoms with Gasteiger partial charge in [-0.05, 0) is 24.1 Å². The van der Waals surface area contributed by atoms with Gasteiger partial charge in [0, 0.05) is 28.9 Å². The normalized spacial score (nSPS) is 11.1. The quantitative estimate of drug-likeness (QED) is 0.533. The molecule has 20 heavy (non-hydrogen) atoms. The maximum Gasteiger partial charge on any atom is 0.174 e. The molecule has 5 heteroatoms. The van der Waals surface area contributed by atoms with E-state index in [1.54, 1.807) is 23.5 Å². The molecule has 0 saturated carbocycles.